The van der Waals surface area contributed by atoms with E-state index in [-0.39, 0.29) is 12.0 Å². The van der Waals surface area contributed by atoms with Gasteiger partial charge in [-0.1, -0.05) is 0 Å². The molecule has 1 aromatic heterocycles. The summed E-state index contributed by atoms with van der Waals surface area (Å²) in [5.41, 5.74) is 6.36. The molecule has 0 aliphatic heterocycles. The van der Waals surface area contributed by atoms with Gasteiger partial charge in [-0.25, -0.2) is 0 Å². The van der Waals surface area contributed by atoms with E-state index in [2.05, 4.69) is 5.32 Å². The summed E-state index contributed by atoms with van der Waals surface area (Å²) >= 11 is 1.41. The van der Waals surface area contributed by atoms with Gasteiger partial charge in [-0.15, -0.1) is 11.3 Å². The topological polar surface area (TPSA) is 64.3 Å². The van der Waals surface area contributed by atoms with Crippen molar-refractivity contribution in [1.82, 2.24) is 5.32 Å². The van der Waals surface area contributed by atoms with Crippen molar-refractivity contribution in [1.29, 1.82) is 0 Å². The van der Waals surface area contributed by atoms with E-state index in [1.807, 2.05) is 20.8 Å². The lowest BCUT2D eigenvalue weighted by molar-refractivity contribution is 0.0696. The van der Waals surface area contributed by atoms with Crippen LogP contribution in [0, 0.1) is 6.92 Å². The number of nitrogens with one attached hydrogen (secondary N) is 1. The molecule has 0 saturated heterocycles. The van der Waals surface area contributed by atoms with Crippen LogP contribution in [0.15, 0.2) is 6.07 Å². The number of carbonyl (C=O) groups excluding carboxylic acids is 1. The van der Waals surface area contributed by atoms with E-state index in [4.69, 9.17) is 10.5 Å². The van der Waals surface area contributed by atoms with E-state index in [9.17, 15) is 4.79 Å². The highest BCUT2D eigenvalue weighted by Gasteiger charge is 2.11. The van der Waals surface area contributed by atoms with Crippen LogP contribution in [0.25, 0.3) is 0 Å². The third-order valence-corrected chi connectivity index (χ3v) is 3.25. The summed E-state index contributed by atoms with van der Waals surface area (Å²) in [5, 5.41) is 2.82. The molecule has 0 aliphatic carbocycles. The fourth-order valence-corrected chi connectivity index (χ4v) is 2.13. The minimum absolute atomic E-state index is 0.0346. The Hall–Kier alpha value is -1.07. The lowest BCUT2D eigenvalue weighted by atomic mass is 10.3. The fraction of sp³-hybridized carbons (Fsp3) is 0.545. The molecule has 16 heavy (non-hydrogen) atoms. The van der Waals surface area contributed by atoms with Gasteiger partial charge >= 0.3 is 0 Å². The van der Waals surface area contributed by atoms with Gasteiger partial charge in [0.15, 0.2) is 0 Å². The van der Waals surface area contributed by atoms with Gasteiger partial charge < -0.3 is 15.8 Å². The molecule has 0 spiro atoms. The average molecular weight is 242 g/mol. The molecule has 0 aromatic carbocycles. The van der Waals surface area contributed by atoms with Crippen LogP contribution >= 0.6 is 11.3 Å². The van der Waals surface area contributed by atoms with Crippen molar-refractivity contribution in [3.8, 4) is 0 Å². The number of thiophene rings is 1. The SMILES string of the molecule is CCOC(C)CNC(=O)c1cc(N)c(C)s1. The zero-order valence-corrected chi connectivity index (χ0v) is 10.7. The molecule has 3 N–H and O–H groups in total. The number of carbonyl (C=O) groups is 1. The van der Waals surface area contributed by atoms with Crippen molar-refractivity contribution < 1.29 is 9.53 Å². The van der Waals surface area contributed by atoms with E-state index in [0.717, 1.165) is 4.88 Å². The summed E-state index contributed by atoms with van der Waals surface area (Å²) in [7, 11) is 0. The minimum Gasteiger partial charge on any atom is -0.398 e. The van der Waals surface area contributed by atoms with E-state index >= 15 is 0 Å². The summed E-state index contributed by atoms with van der Waals surface area (Å²) in [4.78, 5) is 13.3. The molecule has 0 aliphatic rings. The van der Waals surface area contributed by atoms with E-state index < -0.39 is 0 Å². The van der Waals surface area contributed by atoms with Crippen LogP contribution in [0.5, 0.6) is 0 Å². The summed E-state index contributed by atoms with van der Waals surface area (Å²) < 4.78 is 5.32. The van der Waals surface area contributed by atoms with Gasteiger partial charge in [0.1, 0.15) is 0 Å². The van der Waals surface area contributed by atoms with Crippen molar-refractivity contribution in [3.63, 3.8) is 0 Å². The largest absolute Gasteiger partial charge is 0.398 e. The van der Waals surface area contributed by atoms with Crippen molar-refractivity contribution >= 4 is 22.9 Å². The molecular formula is C11H18N2O2S. The predicted octanol–water partition coefficient (Wildman–Crippen LogP) is 1.79. The second kappa shape index (κ2) is 5.86. The van der Waals surface area contributed by atoms with E-state index in [1.54, 1.807) is 6.07 Å². The van der Waals surface area contributed by atoms with Crippen LogP contribution in [0.2, 0.25) is 0 Å². The number of anilines is 1. The molecule has 0 radical (unpaired) electrons. The van der Waals surface area contributed by atoms with Crippen molar-refractivity contribution in [2.45, 2.75) is 26.9 Å². The Labute approximate surface area is 99.8 Å². The van der Waals surface area contributed by atoms with Gasteiger partial charge in [0.05, 0.1) is 11.0 Å². The molecule has 1 heterocycles. The van der Waals surface area contributed by atoms with Crippen LogP contribution < -0.4 is 11.1 Å². The third kappa shape index (κ3) is 3.50. The normalized spacial score (nSPS) is 12.4. The van der Waals surface area contributed by atoms with Gasteiger partial charge in [-0.3, -0.25) is 4.79 Å². The van der Waals surface area contributed by atoms with Crippen LogP contribution in [-0.4, -0.2) is 25.2 Å². The average Bonchev–Trinajstić information content (AvgIpc) is 2.56. The number of ether oxygens (including phenoxy) is 1. The molecule has 1 unspecified atom stereocenters. The molecule has 1 aromatic rings. The molecule has 0 bridgehead atoms. The molecule has 4 nitrogen and oxygen atoms in total. The quantitative estimate of drug-likeness (QED) is 0.827. The number of nitrogen functional groups attached to an aromatic ring is 1. The Kier molecular flexibility index (Phi) is 4.76. The summed E-state index contributed by atoms with van der Waals surface area (Å²) in [6.07, 6.45) is 0.0346. The van der Waals surface area contributed by atoms with Gasteiger partial charge in [0, 0.05) is 23.7 Å². The van der Waals surface area contributed by atoms with Gasteiger partial charge in [-0.05, 0) is 26.8 Å². The Morgan fingerprint density at radius 2 is 2.38 bits per heavy atom. The summed E-state index contributed by atoms with van der Waals surface area (Å²) in [6.45, 7) is 6.94. The first-order valence-corrected chi connectivity index (χ1v) is 6.12. The molecule has 90 valence electrons. The first-order chi connectivity index (χ1) is 7.54. The van der Waals surface area contributed by atoms with Gasteiger partial charge in [0.2, 0.25) is 0 Å². The third-order valence-electron chi connectivity index (χ3n) is 2.18. The molecule has 1 rings (SSSR count). The fourth-order valence-electron chi connectivity index (χ4n) is 1.28. The number of hydrogen-bond acceptors (Lipinski definition) is 4. The summed E-state index contributed by atoms with van der Waals surface area (Å²) in [5.74, 6) is -0.0867. The van der Waals surface area contributed by atoms with Gasteiger partial charge in [-0.2, -0.15) is 0 Å². The molecule has 1 amide bonds. The molecule has 1 atom stereocenters. The highest BCUT2D eigenvalue weighted by Crippen LogP contribution is 2.22. The standard InChI is InChI=1S/C11H18N2O2S/c1-4-15-7(2)6-13-11(14)10-5-9(12)8(3)16-10/h5,7H,4,6,12H2,1-3H3,(H,13,14). The van der Waals surface area contributed by atoms with E-state index in [0.29, 0.717) is 23.7 Å². The molecule has 5 heteroatoms. The van der Waals surface area contributed by atoms with Crippen LogP contribution in [0.1, 0.15) is 28.4 Å². The minimum atomic E-state index is -0.0867. The second-order valence-electron chi connectivity index (χ2n) is 3.60. The van der Waals surface area contributed by atoms with Crippen LogP contribution in [0.4, 0.5) is 5.69 Å². The van der Waals surface area contributed by atoms with Crippen molar-refractivity contribution in [2.24, 2.45) is 0 Å². The molecule has 0 fully saturated rings. The Bertz CT molecular complexity index is 343. The maximum absolute atomic E-state index is 11.7. The lowest BCUT2D eigenvalue weighted by Gasteiger charge is -2.11. The maximum atomic E-state index is 11.7. The lowest BCUT2D eigenvalue weighted by Crippen LogP contribution is -2.31. The highest BCUT2D eigenvalue weighted by molar-refractivity contribution is 7.14. The Morgan fingerprint density at radius 3 is 2.88 bits per heavy atom. The van der Waals surface area contributed by atoms with Crippen molar-refractivity contribution in [2.75, 3.05) is 18.9 Å². The summed E-state index contributed by atoms with van der Waals surface area (Å²) in [6, 6.07) is 1.71. The number of aryl methyl sites for hydroxylation is 1. The highest BCUT2D eigenvalue weighted by atomic mass is 32.1. The number of hydrogen-bond donors (Lipinski definition) is 2. The smallest absolute Gasteiger partial charge is 0.261 e. The molecule has 0 saturated carbocycles. The number of nitrogens with two attached hydrogens (primary N) is 1. The van der Waals surface area contributed by atoms with Crippen LogP contribution in [-0.2, 0) is 4.74 Å². The number of rotatable bonds is 5. The van der Waals surface area contributed by atoms with Crippen molar-refractivity contribution in [3.05, 3.63) is 15.8 Å². The number of amides is 1. The van der Waals surface area contributed by atoms with Crippen LogP contribution in [0.3, 0.4) is 0 Å². The maximum Gasteiger partial charge on any atom is 0.261 e. The zero-order valence-electron chi connectivity index (χ0n) is 9.87. The Balaban J connectivity index is 2.46. The first kappa shape index (κ1) is 13.0. The molecular weight excluding hydrogens is 224 g/mol. The zero-order chi connectivity index (χ0) is 12.1. The first-order valence-electron chi connectivity index (χ1n) is 5.30. The van der Waals surface area contributed by atoms with E-state index in [1.165, 1.54) is 11.3 Å². The Morgan fingerprint density at radius 1 is 1.69 bits per heavy atom. The predicted molar refractivity (Wildman–Crippen MR) is 66.9 cm³/mol. The second-order valence-corrected chi connectivity index (χ2v) is 4.85. The monoisotopic (exact) mass is 242 g/mol. The van der Waals surface area contributed by atoms with Gasteiger partial charge in [0.25, 0.3) is 5.91 Å².